The minimum absolute atomic E-state index is 0.0567. The van der Waals surface area contributed by atoms with E-state index < -0.39 is 10.0 Å². The number of hydrogen-bond acceptors (Lipinski definition) is 3. The Labute approximate surface area is 121 Å². The first-order chi connectivity index (χ1) is 8.45. The number of sulfonamides is 1. The number of aromatic nitrogens is 2. The van der Waals surface area contributed by atoms with Crippen LogP contribution >= 0.6 is 27.5 Å². The Hall–Kier alpha value is -0.110. The SMILES string of the molecule is CCCCN(CCBr)S(=O)(=O)c1c(Cl)cnn1C. The summed E-state index contributed by atoms with van der Waals surface area (Å²) in [5.41, 5.74) is 0. The molecule has 1 heterocycles. The lowest BCUT2D eigenvalue weighted by Crippen LogP contribution is -2.35. The van der Waals surface area contributed by atoms with Gasteiger partial charge in [-0.3, -0.25) is 4.68 Å². The predicted molar refractivity (Wildman–Crippen MR) is 75.7 cm³/mol. The molecule has 0 saturated heterocycles. The number of halogens is 2. The van der Waals surface area contributed by atoms with Gasteiger partial charge in [0.1, 0.15) is 0 Å². The third kappa shape index (κ3) is 3.46. The van der Waals surface area contributed by atoms with Crippen molar-refractivity contribution in [2.45, 2.75) is 24.8 Å². The van der Waals surface area contributed by atoms with E-state index in [1.165, 1.54) is 15.2 Å². The lowest BCUT2D eigenvalue weighted by atomic mass is 10.3. The van der Waals surface area contributed by atoms with Gasteiger partial charge in [-0.15, -0.1) is 0 Å². The summed E-state index contributed by atoms with van der Waals surface area (Å²) in [5, 5.41) is 4.68. The average molecular weight is 359 g/mol. The van der Waals surface area contributed by atoms with Crippen LogP contribution in [0.2, 0.25) is 5.02 Å². The van der Waals surface area contributed by atoms with Crippen molar-refractivity contribution in [3.05, 3.63) is 11.2 Å². The van der Waals surface area contributed by atoms with Crippen molar-refractivity contribution in [1.29, 1.82) is 0 Å². The molecule has 18 heavy (non-hydrogen) atoms. The van der Waals surface area contributed by atoms with Crippen LogP contribution in [0.4, 0.5) is 0 Å². The molecule has 0 amide bonds. The Kier molecular flexibility index (Phi) is 6.10. The average Bonchev–Trinajstić information content (AvgIpc) is 2.64. The fourth-order valence-electron chi connectivity index (χ4n) is 1.59. The van der Waals surface area contributed by atoms with E-state index in [4.69, 9.17) is 11.6 Å². The molecule has 0 fully saturated rings. The van der Waals surface area contributed by atoms with Crippen molar-refractivity contribution in [2.75, 3.05) is 18.4 Å². The van der Waals surface area contributed by atoms with Crippen LogP contribution in [0.3, 0.4) is 0 Å². The summed E-state index contributed by atoms with van der Waals surface area (Å²) in [7, 11) is -2.01. The van der Waals surface area contributed by atoms with Crippen molar-refractivity contribution in [3.63, 3.8) is 0 Å². The molecule has 0 N–H and O–H groups in total. The number of nitrogens with zero attached hydrogens (tertiary/aromatic N) is 3. The standard InChI is InChI=1S/C10H17BrClN3O2S/c1-3-4-6-15(7-5-11)18(16,17)10-9(12)8-13-14(10)2/h8H,3-7H2,1-2H3. The largest absolute Gasteiger partial charge is 0.261 e. The van der Waals surface area contributed by atoms with Gasteiger partial charge in [0.15, 0.2) is 5.03 Å². The smallest absolute Gasteiger partial charge is 0.255 e. The molecule has 8 heteroatoms. The topological polar surface area (TPSA) is 55.2 Å². The van der Waals surface area contributed by atoms with Crippen LogP contribution < -0.4 is 0 Å². The van der Waals surface area contributed by atoms with Crippen LogP contribution in [0, 0.1) is 0 Å². The quantitative estimate of drug-likeness (QED) is 0.703. The van der Waals surface area contributed by atoms with E-state index in [9.17, 15) is 8.42 Å². The van der Waals surface area contributed by atoms with Gasteiger partial charge < -0.3 is 0 Å². The Morgan fingerprint density at radius 2 is 2.17 bits per heavy atom. The second-order valence-corrected chi connectivity index (χ2v) is 6.92. The molecule has 0 spiro atoms. The number of alkyl halides is 1. The van der Waals surface area contributed by atoms with E-state index in [1.54, 1.807) is 7.05 Å². The van der Waals surface area contributed by atoms with Crippen LogP contribution in [0.5, 0.6) is 0 Å². The normalized spacial score (nSPS) is 12.3. The van der Waals surface area contributed by atoms with Gasteiger partial charge in [-0.1, -0.05) is 40.9 Å². The highest BCUT2D eigenvalue weighted by atomic mass is 79.9. The molecule has 1 aromatic heterocycles. The van der Waals surface area contributed by atoms with Gasteiger partial charge in [0.25, 0.3) is 10.0 Å². The minimum atomic E-state index is -3.58. The molecular weight excluding hydrogens is 342 g/mol. The maximum Gasteiger partial charge on any atom is 0.261 e. The number of aryl methyl sites for hydroxylation is 1. The van der Waals surface area contributed by atoms with E-state index in [-0.39, 0.29) is 10.0 Å². The van der Waals surface area contributed by atoms with Gasteiger partial charge >= 0.3 is 0 Å². The molecule has 0 atom stereocenters. The number of unbranched alkanes of at least 4 members (excludes halogenated alkanes) is 1. The molecule has 0 aliphatic carbocycles. The summed E-state index contributed by atoms with van der Waals surface area (Å²) in [6, 6.07) is 0. The molecule has 0 unspecified atom stereocenters. The molecule has 104 valence electrons. The molecule has 0 radical (unpaired) electrons. The summed E-state index contributed by atoms with van der Waals surface area (Å²) in [6.07, 6.45) is 3.11. The Morgan fingerprint density at radius 3 is 2.61 bits per heavy atom. The van der Waals surface area contributed by atoms with Crippen LogP contribution in [0.15, 0.2) is 11.2 Å². The van der Waals surface area contributed by atoms with Gasteiger partial charge in [-0.05, 0) is 6.42 Å². The van der Waals surface area contributed by atoms with Gasteiger partial charge in [0.2, 0.25) is 0 Å². The van der Waals surface area contributed by atoms with Crippen molar-refractivity contribution in [3.8, 4) is 0 Å². The second kappa shape index (κ2) is 6.88. The van der Waals surface area contributed by atoms with Gasteiger partial charge in [0.05, 0.1) is 11.2 Å². The second-order valence-electron chi connectivity index (χ2n) is 3.87. The maximum atomic E-state index is 12.5. The van der Waals surface area contributed by atoms with E-state index in [1.807, 2.05) is 6.92 Å². The monoisotopic (exact) mass is 357 g/mol. The van der Waals surface area contributed by atoms with E-state index in [0.717, 1.165) is 12.8 Å². The highest BCUT2D eigenvalue weighted by Gasteiger charge is 2.29. The van der Waals surface area contributed by atoms with Gasteiger partial charge in [0, 0.05) is 25.5 Å². The summed E-state index contributed by atoms with van der Waals surface area (Å²) in [4.78, 5) is 0. The van der Waals surface area contributed by atoms with Crippen LogP contribution in [0.25, 0.3) is 0 Å². The van der Waals surface area contributed by atoms with Crippen LogP contribution in [-0.4, -0.2) is 40.9 Å². The molecule has 0 aliphatic rings. The first-order valence-corrected chi connectivity index (χ1v) is 8.62. The van der Waals surface area contributed by atoms with Crippen LogP contribution in [-0.2, 0) is 17.1 Å². The fraction of sp³-hybridized carbons (Fsp3) is 0.700. The summed E-state index contributed by atoms with van der Waals surface area (Å²) < 4.78 is 27.7. The van der Waals surface area contributed by atoms with Crippen molar-refractivity contribution < 1.29 is 8.42 Å². The summed E-state index contributed by atoms with van der Waals surface area (Å²) >= 11 is 9.18. The molecule has 5 nitrogen and oxygen atoms in total. The zero-order chi connectivity index (χ0) is 13.8. The summed E-state index contributed by atoms with van der Waals surface area (Å²) in [5.74, 6) is 0. The third-order valence-corrected chi connectivity index (χ3v) is 5.28. The summed E-state index contributed by atoms with van der Waals surface area (Å²) in [6.45, 7) is 2.94. The Morgan fingerprint density at radius 1 is 1.50 bits per heavy atom. The zero-order valence-electron chi connectivity index (χ0n) is 10.4. The highest BCUT2D eigenvalue weighted by Crippen LogP contribution is 2.24. The number of hydrogen-bond donors (Lipinski definition) is 0. The zero-order valence-corrected chi connectivity index (χ0v) is 13.6. The van der Waals surface area contributed by atoms with Gasteiger partial charge in [-0.25, -0.2) is 8.42 Å². The fourth-order valence-corrected chi connectivity index (χ4v) is 4.34. The maximum absolute atomic E-state index is 12.5. The predicted octanol–water partition coefficient (Wildman–Crippen LogP) is 2.26. The van der Waals surface area contributed by atoms with Crippen LogP contribution in [0.1, 0.15) is 19.8 Å². The van der Waals surface area contributed by atoms with Crippen molar-refractivity contribution >= 4 is 37.6 Å². The van der Waals surface area contributed by atoms with Gasteiger partial charge in [-0.2, -0.15) is 9.40 Å². The highest BCUT2D eigenvalue weighted by molar-refractivity contribution is 9.09. The number of rotatable bonds is 7. The Balaban J connectivity index is 3.09. The molecule has 0 aliphatic heterocycles. The lowest BCUT2D eigenvalue weighted by molar-refractivity contribution is 0.416. The molecule has 0 aromatic carbocycles. The molecule has 1 rings (SSSR count). The molecular formula is C10H17BrClN3O2S. The van der Waals surface area contributed by atoms with E-state index in [0.29, 0.717) is 18.4 Å². The van der Waals surface area contributed by atoms with E-state index >= 15 is 0 Å². The van der Waals surface area contributed by atoms with Crippen molar-refractivity contribution in [2.24, 2.45) is 7.05 Å². The molecule has 0 bridgehead atoms. The lowest BCUT2D eigenvalue weighted by Gasteiger charge is -2.21. The molecule has 0 saturated carbocycles. The first kappa shape index (κ1) is 15.9. The third-order valence-electron chi connectivity index (χ3n) is 2.52. The molecule has 1 aromatic rings. The van der Waals surface area contributed by atoms with E-state index in [2.05, 4.69) is 21.0 Å². The minimum Gasteiger partial charge on any atom is -0.255 e. The first-order valence-electron chi connectivity index (χ1n) is 5.68. The van der Waals surface area contributed by atoms with Crippen molar-refractivity contribution in [1.82, 2.24) is 14.1 Å². The Bertz CT molecular complexity index is 470.